The van der Waals surface area contributed by atoms with Gasteiger partial charge in [-0.1, -0.05) is 19.1 Å². The van der Waals surface area contributed by atoms with Crippen molar-refractivity contribution >= 4 is 17.8 Å². The summed E-state index contributed by atoms with van der Waals surface area (Å²) in [7, 11) is 3.09. The van der Waals surface area contributed by atoms with E-state index in [4.69, 9.17) is 9.47 Å². The Morgan fingerprint density at radius 1 is 1.27 bits per heavy atom. The van der Waals surface area contributed by atoms with E-state index in [1.165, 1.54) is 7.11 Å². The monoisotopic (exact) mass is 363 g/mol. The zero-order valence-electron chi connectivity index (χ0n) is 15.5. The molecule has 0 aliphatic carbocycles. The van der Waals surface area contributed by atoms with Crippen molar-refractivity contribution in [1.82, 2.24) is 15.5 Å². The Morgan fingerprint density at radius 3 is 2.46 bits per heavy atom. The Bertz CT molecular complexity index is 676. The topological polar surface area (TPSA) is 97.0 Å². The van der Waals surface area contributed by atoms with Gasteiger partial charge in [0.05, 0.1) is 13.7 Å². The number of carbonyl (C=O) groups excluding carboxylic acids is 3. The fraction of sp³-hybridized carbons (Fsp3) is 0.500. The lowest BCUT2D eigenvalue weighted by Gasteiger charge is -2.26. The first-order valence-corrected chi connectivity index (χ1v) is 8.44. The Balaban J connectivity index is 2.18. The fourth-order valence-electron chi connectivity index (χ4n) is 3.04. The molecule has 1 saturated heterocycles. The van der Waals surface area contributed by atoms with Crippen LogP contribution in [0.3, 0.4) is 0 Å². The van der Waals surface area contributed by atoms with Gasteiger partial charge in [0.1, 0.15) is 17.8 Å². The van der Waals surface area contributed by atoms with Crippen LogP contribution in [0.5, 0.6) is 5.75 Å². The summed E-state index contributed by atoms with van der Waals surface area (Å²) in [4.78, 5) is 38.4. The highest BCUT2D eigenvalue weighted by molar-refractivity contribution is 6.09. The molecule has 26 heavy (non-hydrogen) atoms. The van der Waals surface area contributed by atoms with Crippen LogP contribution >= 0.6 is 0 Å². The molecule has 2 atom stereocenters. The minimum atomic E-state index is -1.18. The Hall–Kier alpha value is -2.61. The second kappa shape index (κ2) is 8.18. The Kier molecular flexibility index (Phi) is 6.20. The smallest absolute Gasteiger partial charge is 0.325 e. The summed E-state index contributed by atoms with van der Waals surface area (Å²) < 4.78 is 10.1. The van der Waals surface area contributed by atoms with Crippen LogP contribution in [0.15, 0.2) is 24.3 Å². The lowest BCUT2D eigenvalue weighted by Crippen LogP contribution is -2.46. The van der Waals surface area contributed by atoms with Gasteiger partial charge >= 0.3 is 6.03 Å². The second-order valence-corrected chi connectivity index (χ2v) is 6.23. The van der Waals surface area contributed by atoms with Crippen LogP contribution in [0.1, 0.15) is 25.8 Å². The average molecular weight is 363 g/mol. The number of imide groups is 1. The minimum absolute atomic E-state index is 0.217. The lowest BCUT2D eigenvalue weighted by atomic mass is 9.87. The normalized spacial score (nSPS) is 20.7. The van der Waals surface area contributed by atoms with Crippen molar-refractivity contribution in [3.05, 3.63) is 29.8 Å². The van der Waals surface area contributed by atoms with Crippen LogP contribution in [0, 0.1) is 0 Å². The fourth-order valence-corrected chi connectivity index (χ4v) is 3.04. The Labute approximate surface area is 152 Å². The van der Waals surface area contributed by atoms with Crippen molar-refractivity contribution in [2.45, 2.75) is 31.8 Å². The highest BCUT2D eigenvalue weighted by atomic mass is 16.5. The molecular formula is C18H25N3O5. The van der Waals surface area contributed by atoms with Gasteiger partial charge in [0.15, 0.2) is 0 Å². The molecule has 0 spiro atoms. The first-order chi connectivity index (χ1) is 12.4. The number of nitrogens with zero attached hydrogens (tertiary/aromatic N) is 1. The molecule has 1 aliphatic rings. The molecule has 2 rings (SSSR count). The molecule has 0 radical (unpaired) electrons. The Morgan fingerprint density at radius 2 is 1.92 bits per heavy atom. The van der Waals surface area contributed by atoms with Crippen LogP contribution in [-0.2, 0) is 19.9 Å². The predicted octanol–water partition coefficient (Wildman–Crippen LogP) is 1.00. The molecule has 1 heterocycles. The molecule has 0 aromatic heterocycles. The number of benzene rings is 1. The third-order valence-electron chi connectivity index (χ3n) is 4.41. The number of urea groups is 1. The average Bonchev–Trinajstić information content (AvgIpc) is 2.87. The van der Waals surface area contributed by atoms with E-state index in [1.54, 1.807) is 38.3 Å². The number of ether oxygens (including phenoxy) is 2. The van der Waals surface area contributed by atoms with E-state index in [9.17, 15) is 14.4 Å². The molecule has 1 aromatic rings. The van der Waals surface area contributed by atoms with Crippen molar-refractivity contribution in [3.63, 3.8) is 0 Å². The highest BCUT2D eigenvalue weighted by Crippen LogP contribution is 2.33. The van der Waals surface area contributed by atoms with Gasteiger partial charge in [-0.3, -0.25) is 14.5 Å². The van der Waals surface area contributed by atoms with E-state index < -0.39 is 23.4 Å². The third kappa shape index (κ3) is 3.80. The van der Waals surface area contributed by atoms with E-state index in [0.29, 0.717) is 24.3 Å². The first kappa shape index (κ1) is 19.7. The zero-order valence-corrected chi connectivity index (χ0v) is 15.5. The van der Waals surface area contributed by atoms with Crippen LogP contribution < -0.4 is 15.4 Å². The third-order valence-corrected chi connectivity index (χ3v) is 4.41. The van der Waals surface area contributed by atoms with Gasteiger partial charge in [-0.25, -0.2) is 4.79 Å². The summed E-state index contributed by atoms with van der Waals surface area (Å²) in [5.41, 5.74) is -0.531. The van der Waals surface area contributed by atoms with Crippen LogP contribution in [-0.4, -0.2) is 56.2 Å². The lowest BCUT2D eigenvalue weighted by molar-refractivity contribution is -0.135. The molecule has 0 unspecified atom stereocenters. The van der Waals surface area contributed by atoms with Gasteiger partial charge in [-0.05, 0) is 31.0 Å². The van der Waals surface area contributed by atoms with Crippen molar-refractivity contribution < 1.29 is 23.9 Å². The van der Waals surface area contributed by atoms with E-state index in [0.717, 1.165) is 4.90 Å². The molecule has 1 aromatic carbocycles. The highest BCUT2D eigenvalue weighted by Gasteiger charge is 2.51. The quantitative estimate of drug-likeness (QED) is 0.672. The van der Waals surface area contributed by atoms with Gasteiger partial charge < -0.3 is 20.1 Å². The van der Waals surface area contributed by atoms with Crippen molar-refractivity contribution in [2.75, 3.05) is 27.4 Å². The van der Waals surface area contributed by atoms with E-state index in [2.05, 4.69) is 10.6 Å². The van der Waals surface area contributed by atoms with Crippen molar-refractivity contribution in [2.24, 2.45) is 0 Å². The largest absolute Gasteiger partial charge is 0.497 e. The van der Waals surface area contributed by atoms with Crippen LogP contribution in [0.2, 0.25) is 0 Å². The number of nitrogens with one attached hydrogen (secondary N) is 2. The summed E-state index contributed by atoms with van der Waals surface area (Å²) >= 11 is 0. The SMILES string of the molecule is CC[C@@]1(c2ccc(OC)cc2)NC(=O)N(CC(=O)N[C@@H](C)COC)C1=O. The van der Waals surface area contributed by atoms with Gasteiger partial charge in [-0.2, -0.15) is 0 Å². The first-order valence-electron chi connectivity index (χ1n) is 8.44. The maximum atomic E-state index is 13.0. The summed E-state index contributed by atoms with van der Waals surface area (Å²) in [6.45, 7) is 3.60. The molecule has 2 N–H and O–H groups in total. The molecule has 0 bridgehead atoms. The molecule has 8 nitrogen and oxygen atoms in total. The number of hydrogen-bond acceptors (Lipinski definition) is 5. The number of rotatable bonds is 8. The standard InChI is InChI=1S/C18H25N3O5/c1-5-18(13-6-8-14(26-4)9-7-13)16(23)21(17(24)20-18)10-15(22)19-12(2)11-25-3/h6-9,12H,5,10-11H2,1-4H3,(H,19,22)(H,20,24)/t12-,18-/m0/s1. The molecule has 1 aliphatic heterocycles. The molecular weight excluding hydrogens is 338 g/mol. The van der Waals surface area contributed by atoms with E-state index in [-0.39, 0.29) is 12.6 Å². The number of hydrogen-bond donors (Lipinski definition) is 2. The predicted molar refractivity (Wildman–Crippen MR) is 94.7 cm³/mol. The van der Waals surface area contributed by atoms with Gasteiger partial charge in [0.2, 0.25) is 5.91 Å². The van der Waals surface area contributed by atoms with Gasteiger partial charge in [-0.15, -0.1) is 0 Å². The maximum Gasteiger partial charge on any atom is 0.325 e. The van der Waals surface area contributed by atoms with E-state index in [1.807, 2.05) is 6.92 Å². The zero-order chi connectivity index (χ0) is 19.3. The van der Waals surface area contributed by atoms with E-state index >= 15 is 0 Å². The summed E-state index contributed by atoms with van der Waals surface area (Å²) in [6.07, 6.45) is 0.363. The molecule has 0 saturated carbocycles. The summed E-state index contributed by atoms with van der Waals surface area (Å²) in [5, 5.41) is 5.44. The number of amides is 4. The molecule has 1 fully saturated rings. The minimum Gasteiger partial charge on any atom is -0.497 e. The summed E-state index contributed by atoms with van der Waals surface area (Å²) in [5.74, 6) is -0.204. The summed E-state index contributed by atoms with van der Waals surface area (Å²) in [6, 6.07) is 6.14. The second-order valence-electron chi connectivity index (χ2n) is 6.23. The van der Waals surface area contributed by atoms with Crippen molar-refractivity contribution in [3.8, 4) is 5.75 Å². The van der Waals surface area contributed by atoms with Gasteiger partial charge in [0, 0.05) is 13.2 Å². The maximum absolute atomic E-state index is 13.0. The van der Waals surface area contributed by atoms with Crippen LogP contribution in [0.4, 0.5) is 4.79 Å². The van der Waals surface area contributed by atoms with Crippen molar-refractivity contribution in [1.29, 1.82) is 0 Å². The van der Waals surface area contributed by atoms with Gasteiger partial charge in [0.25, 0.3) is 5.91 Å². The number of methoxy groups -OCH3 is 2. The number of carbonyl (C=O) groups is 3. The molecule has 142 valence electrons. The molecule has 8 heteroatoms. The van der Waals surface area contributed by atoms with Crippen LogP contribution in [0.25, 0.3) is 0 Å². The molecule has 4 amide bonds.